The Morgan fingerprint density at radius 1 is 1.47 bits per heavy atom. The van der Waals surface area contributed by atoms with Gasteiger partial charge in [-0.3, -0.25) is 0 Å². The second kappa shape index (κ2) is 4.94. The van der Waals surface area contributed by atoms with E-state index in [0.717, 1.165) is 35.0 Å². The molecular weight excluding hydrogens is 208 g/mol. The van der Waals surface area contributed by atoms with Gasteiger partial charge in [0.05, 0.1) is 16.3 Å². The number of aromatic nitrogens is 1. The zero-order valence-corrected chi connectivity index (χ0v) is 10.8. The maximum absolute atomic E-state index is 5.93. The first kappa shape index (κ1) is 12.5. The predicted molar refractivity (Wildman–Crippen MR) is 65.3 cm³/mol. The highest BCUT2D eigenvalue weighted by molar-refractivity contribution is 7.15. The van der Waals surface area contributed by atoms with Crippen LogP contribution in [0.5, 0.6) is 0 Å². The lowest BCUT2D eigenvalue weighted by Gasteiger charge is -2.21. The van der Waals surface area contributed by atoms with E-state index < -0.39 is 0 Å². The van der Waals surface area contributed by atoms with Crippen LogP contribution in [0.25, 0.3) is 0 Å². The molecule has 1 aromatic rings. The fraction of sp³-hybridized carbons (Fsp3) is 0.727. The summed E-state index contributed by atoms with van der Waals surface area (Å²) in [6, 6.07) is 0. The SMILES string of the molecule is CCCc1nc(CC(C)(C)OC)c(N)s1. The molecule has 0 fully saturated rings. The average molecular weight is 228 g/mol. The quantitative estimate of drug-likeness (QED) is 0.842. The van der Waals surface area contributed by atoms with Crippen LogP contribution in [0.3, 0.4) is 0 Å². The number of hydrogen-bond acceptors (Lipinski definition) is 4. The molecule has 0 aromatic carbocycles. The molecule has 0 atom stereocenters. The molecule has 0 aliphatic rings. The van der Waals surface area contributed by atoms with E-state index in [1.54, 1.807) is 18.4 Å². The lowest BCUT2D eigenvalue weighted by molar-refractivity contribution is 0.0226. The molecule has 1 rings (SSSR count). The van der Waals surface area contributed by atoms with Gasteiger partial charge >= 0.3 is 0 Å². The third-order valence-corrected chi connectivity index (χ3v) is 3.37. The Bertz CT molecular complexity index is 320. The van der Waals surface area contributed by atoms with Crippen molar-refractivity contribution in [3.63, 3.8) is 0 Å². The Kier molecular flexibility index (Phi) is 4.11. The molecule has 0 saturated heterocycles. The molecule has 0 radical (unpaired) electrons. The molecule has 1 aromatic heterocycles. The van der Waals surface area contributed by atoms with E-state index in [-0.39, 0.29) is 5.60 Å². The number of nitrogens with zero attached hydrogens (tertiary/aromatic N) is 1. The lowest BCUT2D eigenvalue weighted by Crippen LogP contribution is -2.26. The predicted octanol–water partition coefficient (Wildman–Crippen LogP) is 2.65. The van der Waals surface area contributed by atoms with E-state index in [9.17, 15) is 0 Å². The van der Waals surface area contributed by atoms with Crippen LogP contribution in [0, 0.1) is 0 Å². The van der Waals surface area contributed by atoms with Gasteiger partial charge < -0.3 is 10.5 Å². The number of nitrogens with two attached hydrogens (primary N) is 1. The molecule has 2 N–H and O–H groups in total. The van der Waals surface area contributed by atoms with Crippen molar-refractivity contribution in [2.24, 2.45) is 0 Å². The van der Waals surface area contributed by atoms with Crippen molar-refractivity contribution >= 4 is 16.3 Å². The minimum Gasteiger partial charge on any atom is -0.389 e. The van der Waals surface area contributed by atoms with E-state index in [0.29, 0.717) is 0 Å². The van der Waals surface area contributed by atoms with Gasteiger partial charge in [-0.15, -0.1) is 11.3 Å². The van der Waals surface area contributed by atoms with Crippen LogP contribution < -0.4 is 5.73 Å². The summed E-state index contributed by atoms with van der Waals surface area (Å²) in [6.07, 6.45) is 2.90. The number of ether oxygens (including phenoxy) is 1. The van der Waals surface area contributed by atoms with Gasteiger partial charge in [0, 0.05) is 13.5 Å². The fourth-order valence-corrected chi connectivity index (χ4v) is 2.29. The number of thiazole rings is 1. The van der Waals surface area contributed by atoms with Crippen LogP contribution in [-0.4, -0.2) is 17.7 Å². The largest absolute Gasteiger partial charge is 0.389 e. The van der Waals surface area contributed by atoms with E-state index >= 15 is 0 Å². The third-order valence-electron chi connectivity index (χ3n) is 2.38. The van der Waals surface area contributed by atoms with Gasteiger partial charge in [-0.2, -0.15) is 0 Å². The second-order valence-corrected chi connectivity index (χ2v) is 5.42. The molecule has 1 heterocycles. The normalized spacial score (nSPS) is 12.0. The van der Waals surface area contributed by atoms with Crippen LogP contribution in [0.2, 0.25) is 0 Å². The highest BCUT2D eigenvalue weighted by atomic mass is 32.1. The van der Waals surface area contributed by atoms with Crippen LogP contribution in [0.15, 0.2) is 0 Å². The first-order chi connectivity index (χ1) is 6.98. The van der Waals surface area contributed by atoms with Crippen LogP contribution >= 0.6 is 11.3 Å². The van der Waals surface area contributed by atoms with Crippen molar-refractivity contribution in [3.8, 4) is 0 Å². The van der Waals surface area contributed by atoms with Crippen molar-refractivity contribution in [1.82, 2.24) is 4.98 Å². The molecule has 0 bridgehead atoms. The summed E-state index contributed by atoms with van der Waals surface area (Å²) in [6.45, 7) is 6.24. The number of hydrogen-bond donors (Lipinski definition) is 1. The standard InChI is InChI=1S/C11H20N2OS/c1-5-6-9-13-8(10(12)15-9)7-11(2,3)14-4/h5-7,12H2,1-4H3. The molecule has 4 heteroatoms. The van der Waals surface area contributed by atoms with Crippen LogP contribution in [-0.2, 0) is 17.6 Å². The zero-order chi connectivity index (χ0) is 11.5. The fourth-order valence-electron chi connectivity index (χ4n) is 1.34. The van der Waals surface area contributed by atoms with E-state index in [1.165, 1.54) is 0 Å². The first-order valence-electron chi connectivity index (χ1n) is 5.27. The summed E-state index contributed by atoms with van der Waals surface area (Å²) in [5.41, 5.74) is 6.73. The zero-order valence-electron chi connectivity index (χ0n) is 9.96. The summed E-state index contributed by atoms with van der Waals surface area (Å²) in [5, 5.41) is 1.97. The Balaban J connectivity index is 2.77. The Morgan fingerprint density at radius 2 is 2.13 bits per heavy atom. The summed E-state index contributed by atoms with van der Waals surface area (Å²) >= 11 is 1.60. The highest BCUT2D eigenvalue weighted by Gasteiger charge is 2.21. The molecule has 0 aliphatic heterocycles. The Labute approximate surface area is 95.7 Å². The Morgan fingerprint density at radius 3 is 2.67 bits per heavy atom. The van der Waals surface area contributed by atoms with Gasteiger partial charge in [-0.1, -0.05) is 6.92 Å². The van der Waals surface area contributed by atoms with E-state index in [1.807, 2.05) is 13.8 Å². The van der Waals surface area contributed by atoms with Gasteiger partial charge in [0.15, 0.2) is 0 Å². The molecular formula is C11H20N2OS. The van der Waals surface area contributed by atoms with Crippen molar-refractivity contribution in [2.45, 2.75) is 45.6 Å². The molecule has 0 amide bonds. The van der Waals surface area contributed by atoms with Gasteiger partial charge in [-0.25, -0.2) is 4.98 Å². The first-order valence-corrected chi connectivity index (χ1v) is 6.09. The summed E-state index contributed by atoms with van der Waals surface area (Å²) in [4.78, 5) is 4.55. The summed E-state index contributed by atoms with van der Waals surface area (Å²) in [7, 11) is 1.72. The lowest BCUT2D eigenvalue weighted by atomic mass is 10.0. The summed E-state index contributed by atoms with van der Waals surface area (Å²) < 4.78 is 5.37. The monoisotopic (exact) mass is 228 g/mol. The number of anilines is 1. The van der Waals surface area contributed by atoms with Gasteiger partial charge in [0.1, 0.15) is 5.00 Å². The number of nitrogen functional groups attached to an aromatic ring is 1. The van der Waals surface area contributed by atoms with Crippen molar-refractivity contribution in [2.75, 3.05) is 12.8 Å². The van der Waals surface area contributed by atoms with Crippen molar-refractivity contribution < 1.29 is 4.74 Å². The minimum atomic E-state index is -0.189. The smallest absolute Gasteiger partial charge is 0.109 e. The maximum Gasteiger partial charge on any atom is 0.109 e. The molecule has 3 nitrogen and oxygen atoms in total. The Hall–Kier alpha value is -0.610. The third kappa shape index (κ3) is 3.47. The summed E-state index contributed by atoms with van der Waals surface area (Å²) in [5.74, 6) is 0. The van der Waals surface area contributed by atoms with Gasteiger partial charge in [-0.05, 0) is 26.7 Å². The number of rotatable bonds is 5. The molecule has 0 aliphatic carbocycles. The highest BCUT2D eigenvalue weighted by Crippen LogP contribution is 2.26. The van der Waals surface area contributed by atoms with Crippen molar-refractivity contribution in [1.29, 1.82) is 0 Å². The average Bonchev–Trinajstić information content (AvgIpc) is 2.47. The van der Waals surface area contributed by atoms with E-state index in [4.69, 9.17) is 10.5 Å². The van der Waals surface area contributed by atoms with Gasteiger partial charge in [0.2, 0.25) is 0 Å². The molecule has 0 saturated carbocycles. The molecule has 0 unspecified atom stereocenters. The van der Waals surface area contributed by atoms with Gasteiger partial charge in [0.25, 0.3) is 0 Å². The maximum atomic E-state index is 5.93. The minimum absolute atomic E-state index is 0.189. The molecule has 15 heavy (non-hydrogen) atoms. The van der Waals surface area contributed by atoms with E-state index in [2.05, 4.69) is 11.9 Å². The van der Waals surface area contributed by atoms with Crippen molar-refractivity contribution in [3.05, 3.63) is 10.7 Å². The van der Waals surface area contributed by atoms with Crippen LogP contribution in [0.1, 0.15) is 37.9 Å². The topological polar surface area (TPSA) is 48.1 Å². The van der Waals surface area contributed by atoms with Crippen LogP contribution in [0.4, 0.5) is 5.00 Å². The second-order valence-electron chi connectivity index (χ2n) is 4.31. The molecule has 0 spiro atoms. The number of aryl methyl sites for hydroxylation is 1. The molecule has 86 valence electrons. The number of methoxy groups -OCH3 is 1.